The number of rotatable bonds is 7. The van der Waals surface area contributed by atoms with Crippen molar-refractivity contribution in [3.8, 4) is 0 Å². The van der Waals surface area contributed by atoms with Crippen molar-refractivity contribution in [2.75, 3.05) is 0 Å². The Hall–Kier alpha value is -5.87. The van der Waals surface area contributed by atoms with Crippen molar-refractivity contribution in [2.24, 2.45) is 0 Å². The molecule has 0 nitrogen and oxygen atoms in total. The standard InChI is InChI=1S/C19H17S.4C6F5.Ga/c1-16-12-14-19(15-13-16)20(17-8-4-2-5-9-17)18-10-6-3-7-11-18;4*7-2-1-3(8)5(10)6(11)4(2)9;/h2-15H,1H3;;;;;/q+1;;;;;-1. The van der Waals surface area contributed by atoms with Crippen LogP contribution in [-0.2, 0) is 10.9 Å². The normalized spacial score (nSPS) is 11.6. The van der Waals surface area contributed by atoms with Gasteiger partial charge < -0.3 is 0 Å². The minimum absolute atomic E-state index is 0.0229. The number of hydrogen-bond donors (Lipinski definition) is 0. The van der Waals surface area contributed by atoms with Gasteiger partial charge in [-0.1, -0.05) is 54.1 Å². The first kappa shape index (κ1) is 48.6. The molecule has 22 heteroatoms. The molecule has 0 atom stereocenters. The van der Waals surface area contributed by atoms with Crippen molar-refractivity contribution in [1.29, 1.82) is 0 Å². The molecule has 7 rings (SSSR count). The number of benzene rings is 7. The molecule has 7 aromatic carbocycles. The number of halogens is 20. The summed E-state index contributed by atoms with van der Waals surface area (Å²) in [5.41, 5.74) is 1.30. The summed E-state index contributed by atoms with van der Waals surface area (Å²) in [7, 11) is -0.0229. The average Bonchev–Trinajstić information content (AvgIpc) is 3.30. The molecule has 0 aromatic heterocycles. The van der Waals surface area contributed by atoms with Gasteiger partial charge in [-0.3, -0.25) is 0 Å². The summed E-state index contributed by atoms with van der Waals surface area (Å²) in [6.07, 6.45) is 0. The van der Waals surface area contributed by atoms with Crippen molar-refractivity contribution >= 4 is 42.4 Å². The Morgan fingerprint density at radius 2 is 0.431 bits per heavy atom. The molecule has 65 heavy (non-hydrogen) atoms. The minimum atomic E-state index is -9.74. The van der Waals surface area contributed by atoms with Crippen LogP contribution in [0.3, 0.4) is 0 Å². The van der Waals surface area contributed by atoms with Gasteiger partial charge in [-0.25, -0.2) is 0 Å². The first-order chi connectivity index (χ1) is 30.5. The third-order valence-corrected chi connectivity index (χ3v) is 23.7. The van der Waals surface area contributed by atoms with Crippen LogP contribution in [0.4, 0.5) is 87.8 Å². The van der Waals surface area contributed by atoms with Crippen LogP contribution in [0.25, 0.3) is 0 Å². The van der Waals surface area contributed by atoms with Gasteiger partial charge in [-0.2, -0.15) is 0 Å². The van der Waals surface area contributed by atoms with Gasteiger partial charge in [-0.15, -0.1) is 0 Å². The molecule has 0 fully saturated rings. The predicted octanol–water partition coefficient (Wildman–Crippen LogP) is 10.9. The molecule has 0 aliphatic rings. The van der Waals surface area contributed by atoms with E-state index in [9.17, 15) is 52.7 Å². The molecule has 0 bridgehead atoms. The van der Waals surface area contributed by atoms with E-state index < -0.39 is 148 Å². The molecule has 0 radical (unpaired) electrons. The van der Waals surface area contributed by atoms with E-state index in [0.717, 1.165) is 0 Å². The number of hydrogen-bond acceptors (Lipinski definition) is 0. The van der Waals surface area contributed by atoms with Crippen LogP contribution in [0.5, 0.6) is 0 Å². The maximum absolute atomic E-state index is 15.4. The second-order valence-corrected chi connectivity index (χ2v) is 24.1. The molecule has 0 amide bonds. The Labute approximate surface area is 357 Å². The Morgan fingerprint density at radius 1 is 0.246 bits per heavy atom. The van der Waals surface area contributed by atoms with Crippen LogP contribution in [-0.4, -0.2) is 15.0 Å². The summed E-state index contributed by atoms with van der Waals surface area (Å²) in [5.74, 6) is -70.5. The van der Waals surface area contributed by atoms with Gasteiger partial charge >= 0.3 is 236 Å². The van der Waals surface area contributed by atoms with Crippen LogP contribution in [0.15, 0.2) is 99.6 Å². The van der Waals surface area contributed by atoms with Crippen LogP contribution in [0, 0.1) is 123 Å². The van der Waals surface area contributed by atoms with Crippen LogP contribution < -0.4 is 16.5 Å². The molecule has 0 aliphatic heterocycles. The van der Waals surface area contributed by atoms with E-state index in [-0.39, 0.29) is 10.9 Å². The molecule has 0 N–H and O–H groups in total. The zero-order valence-corrected chi connectivity index (χ0v) is 34.9. The van der Waals surface area contributed by atoms with Crippen molar-refractivity contribution in [2.45, 2.75) is 21.6 Å². The monoisotopic (exact) mass is 1010 g/mol. The van der Waals surface area contributed by atoms with E-state index in [1.165, 1.54) is 20.2 Å². The van der Waals surface area contributed by atoms with E-state index >= 15 is 35.1 Å². The Balaban J connectivity index is 0.000000289. The molecular formula is C43H17F20GaS. The van der Waals surface area contributed by atoms with Crippen LogP contribution >= 0.6 is 0 Å². The van der Waals surface area contributed by atoms with Crippen LogP contribution in [0.1, 0.15) is 5.56 Å². The summed E-state index contributed by atoms with van der Waals surface area (Å²) in [6, 6.07) is 30.4. The molecular weight excluding hydrogens is 998 g/mol. The fourth-order valence-electron chi connectivity index (χ4n) is 7.07. The average molecular weight is 1020 g/mol. The Bertz CT molecular complexity index is 2560. The zero-order chi connectivity index (χ0) is 48.1. The van der Waals surface area contributed by atoms with Crippen molar-refractivity contribution in [3.63, 3.8) is 0 Å². The third-order valence-electron chi connectivity index (χ3n) is 9.92. The molecule has 0 spiro atoms. The van der Waals surface area contributed by atoms with Crippen molar-refractivity contribution < 1.29 is 87.8 Å². The van der Waals surface area contributed by atoms with E-state index in [4.69, 9.17) is 0 Å². The second kappa shape index (κ2) is 18.5. The topological polar surface area (TPSA) is 0 Å². The molecule has 0 saturated carbocycles. The quantitative estimate of drug-likeness (QED) is 0.0491. The van der Waals surface area contributed by atoms with E-state index in [2.05, 4.69) is 91.9 Å². The summed E-state index contributed by atoms with van der Waals surface area (Å²) >= 11 is -9.74. The fourth-order valence-corrected chi connectivity index (χ4v) is 21.3. The van der Waals surface area contributed by atoms with Crippen molar-refractivity contribution in [1.82, 2.24) is 0 Å². The SMILES string of the molecule is Cc1ccc([S+](c2ccccc2)c2ccccc2)cc1.Fc1c(F)c(F)[c]([Ga-]([c]2c(F)c(F)c(F)c(F)c2F)([c]2c(F)c(F)c(F)c(F)c2F)[c]2c(F)c(F)c(F)c(F)c2F)c(F)c1F. The summed E-state index contributed by atoms with van der Waals surface area (Å²) in [4.78, 5) is 4.10. The van der Waals surface area contributed by atoms with Gasteiger partial charge in [0, 0.05) is 0 Å². The molecule has 0 saturated heterocycles. The molecule has 338 valence electrons. The summed E-state index contributed by atoms with van der Waals surface area (Å²) in [5, 5.41) is 0. The Morgan fingerprint density at radius 3 is 0.646 bits per heavy atom. The molecule has 0 heterocycles. The fraction of sp³-hybridized carbons (Fsp3) is 0.0233. The molecule has 0 aliphatic carbocycles. The van der Waals surface area contributed by atoms with E-state index in [0.29, 0.717) is 0 Å². The first-order valence-corrected chi connectivity index (χ1v) is 23.8. The summed E-state index contributed by atoms with van der Waals surface area (Å²) < 4.78 is 281. The summed E-state index contributed by atoms with van der Waals surface area (Å²) in [6.45, 7) is 2.13. The van der Waals surface area contributed by atoms with E-state index in [1.54, 1.807) is 0 Å². The van der Waals surface area contributed by atoms with Gasteiger partial charge in [0.1, 0.15) is 0 Å². The predicted molar refractivity (Wildman–Crippen MR) is 195 cm³/mol. The van der Waals surface area contributed by atoms with Gasteiger partial charge in [0.15, 0.2) is 14.7 Å². The van der Waals surface area contributed by atoms with Crippen molar-refractivity contribution in [3.05, 3.63) is 207 Å². The first-order valence-electron chi connectivity index (χ1n) is 17.7. The van der Waals surface area contributed by atoms with E-state index in [1.807, 2.05) is 0 Å². The third kappa shape index (κ3) is 7.91. The Kier molecular flexibility index (Phi) is 13.9. The van der Waals surface area contributed by atoms with Crippen LogP contribution in [0.2, 0.25) is 0 Å². The molecule has 0 unspecified atom stereocenters. The van der Waals surface area contributed by atoms with Gasteiger partial charge in [0.05, 0.1) is 10.9 Å². The second-order valence-electron chi connectivity index (χ2n) is 13.5. The van der Waals surface area contributed by atoms with Gasteiger partial charge in [0.25, 0.3) is 0 Å². The van der Waals surface area contributed by atoms with Gasteiger partial charge in [-0.05, 0) is 43.3 Å². The molecule has 7 aromatic rings. The zero-order valence-electron chi connectivity index (χ0n) is 31.6. The van der Waals surface area contributed by atoms with Gasteiger partial charge in [0.2, 0.25) is 0 Å². The number of aryl methyl sites for hydroxylation is 1. The maximum atomic E-state index is 15.4.